The number of nitrogens with zero attached hydrogens (tertiary/aromatic N) is 3. The van der Waals surface area contributed by atoms with E-state index in [1.54, 1.807) is 24.3 Å². The zero-order chi connectivity index (χ0) is 48.2. The molecule has 2 aliphatic carbocycles. The fourth-order valence-electron chi connectivity index (χ4n) is 10.2. The number of nitro groups is 1. The smallest absolute Gasteiger partial charge is 0.273 e. The van der Waals surface area contributed by atoms with Gasteiger partial charge in [0.05, 0.1) is 49.0 Å². The monoisotopic (exact) mass is 934 g/mol. The van der Waals surface area contributed by atoms with Crippen molar-refractivity contribution in [1.29, 1.82) is 0 Å². The van der Waals surface area contributed by atoms with Crippen LogP contribution in [0.25, 0.3) is 0 Å². The number of carbonyl (C=O) groups is 1. The number of allylic oxidation sites excluding steroid dienone is 1. The Balaban J connectivity index is 1.68. The number of oxime groups is 1. The van der Waals surface area contributed by atoms with E-state index >= 15 is 0 Å². The molecule has 1 amide bonds. The highest BCUT2D eigenvalue weighted by molar-refractivity contribution is 6.03. The first-order chi connectivity index (χ1) is 32.4. The molecular weight excluding hydrogens is 855 g/mol. The van der Waals surface area contributed by atoms with Gasteiger partial charge >= 0.3 is 0 Å². The number of amides is 1. The van der Waals surface area contributed by atoms with Crippen LogP contribution in [0.3, 0.4) is 0 Å². The van der Waals surface area contributed by atoms with Crippen molar-refractivity contribution in [3.8, 4) is 17.2 Å². The average Bonchev–Trinajstić information content (AvgIpc) is 3.30. The van der Waals surface area contributed by atoms with Crippen molar-refractivity contribution in [3.63, 3.8) is 0 Å². The number of nitro benzene ring substituents is 1. The van der Waals surface area contributed by atoms with Crippen LogP contribution in [0.4, 0.5) is 5.69 Å². The second-order valence-corrected chi connectivity index (χ2v) is 19.3. The standard InChI is InChI=1S/C53H79N3O11/c1-6-8-9-10-11-12-13-14-15-25-49(60)55(28-33-63-34-31-59)48-38-46(54-67-52(3,4)5)44-35-39(21-16-18-29-57)43(24-17-19-30-58)50-45-37-42(65-41-23-20-22-40(36-41)56(61)62)26-27-47(45)66-53(48,51(44)50)64-32-7-2/h7,20,22-23,26-27,35-37,39,43,48,50-51,57-59H,2,6,8-19,21,24-25,28-34,38H2,1,3-5H3/t39-,43+,48-,50+,51+,53+/m0/s1. The van der Waals surface area contributed by atoms with Crippen LogP contribution in [0.2, 0.25) is 0 Å². The Kier molecular flexibility index (Phi) is 21.6. The molecule has 6 atom stereocenters. The Hall–Kier alpha value is -4.34. The number of rotatable bonds is 31. The molecule has 67 heavy (non-hydrogen) atoms. The predicted octanol–water partition coefficient (Wildman–Crippen LogP) is 10.6. The van der Waals surface area contributed by atoms with Crippen molar-refractivity contribution in [2.45, 2.75) is 160 Å². The number of aliphatic hydroxyl groups excluding tert-OH is 3. The minimum Gasteiger partial charge on any atom is -0.459 e. The second kappa shape index (κ2) is 27.0. The SMILES string of the molecule is C=CCO[C@@]12Oc3ccc(Oc4cccc([N+](=O)[O-])c4)cc3[C@H]3[C@H](CCCCO)[C@@H](CCCCO)C=C(C(=NOC(C)(C)C)C[C@@H]1N(CCOCCO)C(=O)CCCCCCCCCCC)[C@H]32. The lowest BCUT2D eigenvalue weighted by molar-refractivity contribution is -0.384. The molecule has 372 valence electrons. The molecule has 0 saturated heterocycles. The first kappa shape index (κ1) is 53.6. The Bertz CT molecular complexity index is 1930. The van der Waals surface area contributed by atoms with E-state index < -0.39 is 28.3 Å². The molecule has 14 nitrogen and oxygen atoms in total. The zero-order valence-corrected chi connectivity index (χ0v) is 40.7. The molecule has 2 aromatic rings. The maximum atomic E-state index is 14.9. The number of non-ortho nitro benzene ring substituents is 1. The average molecular weight is 934 g/mol. The predicted molar refractivity (Wildman–Crippen MR) is 260 cm³/mol. The minimum atomic E-state index is -1.45. The fourth-order valence-corrected chi connectivity index (χ4v) is 10.2. The summed E-state index contributed by atoms with van der Waals surface area (Å²) in [6, 6.07) is 11.0. The van der Waals surface area contributed by atoms with E-state index in [1.165, 1.54) is 44.2 Å². The molecular formula is C53H79N3O11. The van der Waals surface area contributed by atoms with E-state index in [2.05, 4.69) is 19.6 Å². The largest absolute Gasteiger partial charge is 0.459 e. The molecule has 1 fully saturated rings. The van der Waals surface area contributed by atoms with Gasteiger partial charge in [-0.1, -0.05) is 94.5 Å². The summed E-state index contributed by atoms with van der Waals surface area (Å²) in [5.41, 5.74) is 1.77. The van der Waals surface area contributed by atoms with Crippen LogP contribution in [-0.2, 0) is 19.1 Å². The molecule has 0 radical (unpaired) electrons. The molecule has 3 N–H and O–H groups in total. The molecule has 1 heterocycles. The molecule has 0 aromatic heterocycles. The minimum absolute atomic E-state index is 0.0102. The lowest BCUT2D eigenvalue weighted by Crippen LogP contribution is -2.70. The number of hydrogen-bond acceptors (Lipinski definition) is 12. The van der Waals surface area contributed by atoms with Crippen LogP contribution in [0.5, 0.6) is 17.2 Å². The molecule has 2 aromatic carbocycles. The maximum absolute atomic E-state index is 14.9. The van der Waals surface area contributed by atoms with E-state index in [4.69, 9.17) is 28.9 Å². The molecule has 0 spiro atoms. The van der Waals surface area contributed by atoms with Gasteiger partial charge in [-0.15, -0.1) is 6.58 Å². The summed E-state index contributed by atoms with van der Waals surface area (Å²) in [6.45, 7) is 12.8. The van der Waals surface area contributed by atoms with E-state index in [-0.39, 0.29) is 82.0 Å². The summed E-state index contributed by atoms with van der Waals surface area (Å²) in [5, 5.41) is 46.3. The molecule has 0 unspecified atom stereocenters. The Labute approximate surface area is 398 Å². The number of fused-ring (bicyclic) bond motifs is 2. The van der Waals surface area contributed by atoms with Crippen LogP contribution in [0.15, 0.2) is 71.9 Å². The topological polar surface area (TPSA) is 183 Å². The molecule has 14 heteroatoms. The van der Waals surface area contributed by atoms with Gasteiger partial charge in [-0.25, -0.2) is 0 Å². The third kappa shape index (κ3) is 14.8. The fraction of sp³-hybridized carbons (Fsp3) is 0.660. The van der Waals surface area contributed by atoms with Crippen LogP contribution >= 0.6 is 0 Å². The summed E-state index contributed by atoms with van der Waals surface area (Å²) >= 11 is 0. The van der Waals surface area contributed by atoms with Gasteiger partial charge in [-0.05, 0) is 94.5 Å². The summed E-state index contributed by atoms with van der Waals surface area (Å²) in [5.74, 6) is -0.935. The van der Waals surface area contributed by atoms with Gasteiger partial charge < -0.3 is 44.0 Å². The van der Waals surface area contributed by atoms with E-state index in [0.717, 1.165) is 62.5 Å². The third-order valence-corrected chi connectivity index (χ3v) is 13.2. The van der Waals surface area contributed by atoms with Crippen molar-refractivity contribution >= 4 is 17.3 Å². The zero-order valence-electron chi connectivity index (χ0n) is 40.7. The van der Waals surface area contributed by atoms with Crippen molar-refractivity contribution in [3.05, 3.63) is 82.4 Å². The van der Waals surface area contributed by atoms with Crippen LogP contribution in [-0.4, -0.2) is 100 Å². The highest BCUT2D eigenvalue weighted by atomic mass is 16.7. The van der Waals surface area contributed by atoms with E-state index in [0.29, 0.717) is 42.2 Å². The number of aliphatic hydroxyl groups is 3. The molecule has 1 saturated carbocycles. The molecule has 5 rings (SSSR count). The first-order valence-electron chi connectivity index (χ1n) is 25.1. The summed E-state index contributed by atoms with van der Waals surface area (Å²) in [4.78, 5) is 34.3. The normalized spacial score (nSPS) is 22.6. The molecule has 1 aliphatic heterocycles. The number of ether oxygens (including phenoxy) is 4. The summed E-state index contributed by atoms with van der Waals surface area (Å²) < 4.78 is 26.8. The Morgan fingerprint density at radius 3 is 2.30 bits per heavy atom. The van der Waals surface area contributed by atoms with Gasteiger partial charge in [-0.3, -0.25) is 14.9 Å². The van der Waals surface area contributed by atoms with Gasteiger partial charge in [0.25, 0.3) is 5.69 Å². The van der Waals surface area contributed by atoms with Gasteiger partial charge in [-0.2, -0.15) is 0 Å². The van der Waals surface area contributed by atoms with Crippen LogP contribution < -0.4 is 9.47 Å². The first-order valence-corrected chi connectivity index (χ1v) is 25.1. The second-order valence-electron chi connectivity index (χ2n) is 19.3. The Morgan fingerprint density at radius 2 is 1.63 bits per heavy atom. The van der Waals surface area contributed by atoms with Gasteiger partial charge in [0.15, 0.2) is 0 Å². The van der Waals surface area contributed by atoms with E-state index in [1.807, 2.05) is 37.8 Å². The van der Waals surface area contributed by atoms with E-state index in [9.17, 15) is 30.2 Å². The maximum Gasteiger partial charge on any atom is 0.273 e. The summed E-state index contributed by atoms with van der Waals surface area (Å²) in [7, 11) is 0. The lowest BCUT2D eigenvalue weighted by atomic mass is 9.55. The lowest BCUT2D eigenvalue weighted by Gasteiger charge is -2.60. The van der Waals surface area contributed by atoms with Gasteiger partial charge in [0.2, 0.25) is 11.7 Å². The summed E-state index contributed by atoms with van der Waals surface area (Å²) in [6.07, 6.45) is 19.1. The van der Waals surface area contributed by atoms with Crippen molar-refractivity contribution in [2.75, 3.05) is 46.2 Å². The van der Waals surface area contributed by atoms with Crippen molar-refractivity contribution in [2.24, 2.45) is 22.9 Å². The van der Waals surface area contributed by atoms with Gasteiger partial charge in [0, 0.05) is 50.1 Å². The van der Waals surface area contributed by atoms with Crippen LogP contribution in [0, 0.1) is 27.9 Å². The highest BCUT2D eigenvalue weighted by Crippen LogP contribution is 2.62. The van der Waals surface area contributed by atoms with Crippen LogP contribution in [0.1, 0.15) is 148 Å². The van der Waals surface area contributed by atoms with Crippen molar-refractivity contribution in [1.82, 2.24) is 4.90 Å². The van der Waals surface area contributed by atoms with Crippen molar-refractivity contribution < 1.29 is 48.8 Å². The Morgan fingerprint density at radius 1 is 0.925 bits per heavy atom. The molecule has 0 bridgehead atoms. The van der Waals surface area contributed by atoms with Gasteiger partial charge in [0.1, 0.15) is 28.9 Å². The number of unbranched alkanes of at least 4 members (excludes halogenated alkanes) is 10. The number of benzene rings is 2. The number of carbonyl (C=O) groups excluding carboxylic acids is 1. The quantitative estimate of drug-likeness (QED) is 0.0283. The molecule has 3 aliphatic rings. The highest BCUT2D eigenvalue weighted by Gasteiger charge is 2.65. The number of hydrogen-bond donors (Lipinski definition) is 3. The third-order valence-electron chi connectivity index (χ3n) is 13.2.